The SMILES string of the molecule is NC(=O)c1cc2ccccc2cn1.[HH]. The van der Waals surface area contributed by atoms with Gasteiger partial charge in [-0.05, 0) is 11.5 Å². The van der Waals surface area contributed by atoms with Crippen LogP contribution in [0.2, 0.25) is 0 Å². The second-order valence-electron chi connectivity index (χ2n) is 2.78. The zero-order valence-corrected chi connectivity index (χ0v) is 6.90. The summed E-state index contributed by atoms with van der Waals surface area (Å²) in [4.78, 5) is 14.7. The van der Waals surface area contributed by atoms with Crippen molar-refractivity contribution >= 4 is 16.7 Å². The third-order valence-corrected chi connectivity index (χ3v) is 1.88. The summed E-state index contributed by atoms with van der Waals surface area (Å²) in [6, 6.07) is 9.38. The zero-order valence-electron chi connectivity index (χ0n) is 6.90. The minimum atomic E-state index is -0.495. The number of aromatic nitrogens is 1. The van der Waals surface area contributed by atoms with E-state index in [1.54, 1.807) is 12.3 Å². The van der Waals surface area contributed by atoms with Crippen LogP contribution in [0.3, 0.4) is 0 Å². The number of hydrogen-bond donors (Lipinski definition) is 1. The van der Waals surface area contributed by atoms with Crippen LogP contribution in [0, 0.1) is 0 Å². The van der Waals surface area contributed by atoms with Crippen LogP contribution in [-0.4, -0.2) is 10.9 Å². The van der Waals surface area contributed by atoms with E-state index in [1.165, 1.54) is 0 Å². The van der Waals surface area contributed by atoms with E-state index in [0.29, 0.717) is 5.69 Å². The van der Waals surface area contributed by atoms with Crippen molar-refractivity contribution < 1.29 is 6.22 Å². The molecule has 0 atom stereocenters. The molecule has 0 aliphatic rings. The highest BCUT2D eigenvalue weighted by Crippen LogP contribution is 2.12. The quantitative estimate of drug-likeness (QED) is 0.713. The van der Waals surface area contributed by atoms with Crippen molar-refractivity contribution in [3.8, 4) is 0 Å². The fourth-order valence-corrected chi connectivity index (χ4v) is 1.22. The number of hydrogen-bond acceptors (Lipinski definition) is 2. The van der Waals surface area contributed by atoms with Crippen molar-refractivity contribution in [2.75, 3.05) is 0 Å². The second-order valence-corrected chi connectivity index (χ2v) is 2.78. The highest BCUT2D eigenvalue weighted by molar-refractivity contribution is 5.95. The van der Waals surface area contributed by atoms with Crippen LogP contribution in [0.5, 0.6) is 0 Å². The molecular weight excluding hydrogens is 164 g/mol. The third-order valence-electron chi connectivity index (χ3n) is 1.88. The van der Waals surface area contributed by atoms with Crippen molar-refractivity contribution in [2.45, 2.75) is 0 Å². The minimum absolute atomic E-state index is 0. The largest absolute Gasteiger partial charge is 0.364 e. The number of pyridine rings is 1. The topological polar surface area (TPSA) is 56.0 Å². The number of carbonyl (C=O) groups excluding carboxylic acids is 1. The molecule has 2 N–H and O–H groups in total. The van der Waals surface area contributed by atoms with Crippen LogP contribution in [-0.2, 0) is 0 Å². The highest BCUT2D eigenvalue weighted by atomic mass is 16.1. The van der Waals surface area contributed by atoms with E-state index in [4.69, 9.17) is 5.73 Å². The Bertz CT molecular complexity index is 470. The lowest BCUT2D eigenvalue weighted by Crippen LogP contribution is -2.12. The van der Waals surface area contributed by atoms with E-state index in [1.807, 2.05) is 24.3 Å². The van der Waals surface area contributed by atoms with Gasteiger partial charge < -0.3 is 5.73 Å². The predicted octanol–water partition coefficient (Wildman–Crippen LogP) is 1.58. The van der Waals surface area contributed by atoms with Crippen molar-refractivity contribution in [2.24, 2.45) is 5.73 Å². The van der Waals surface area contributed by atoms with Gasteiger partial charge in [0.2, 0.25) is 0 Å². The molecule has 0 unspecified atom stereocenters. The van der Waals surface area contributed by atoms with Crippen LogP contribution in [0.25, 0.3) is 10.8 Å². The van der Waals surface area contributed by atoms with Gasteiger partial charge in [-0.2, -0.15) is 0 Å². The zero-order chi connectivity index (χ0) is 9.26. The number of benzene rings is 1. The van der Waals surface area contributed by atoms with Crippen molar-refractivity contribution in [3.05, 3.63) is 42.2 Å². The van der Waals surface area contributed by atoms with Gasteiger partial charge in [-0.1, -0.05) is 24.3 Å². The van der Waals surface area contributed by atoms with Gasteiger partial charge in [0.15, 0.2) is 0 Å². The summed E-state index contributed by atoms with van der Waals surface area (Å²) < 4.78 is 0. The van der Waals surface area contributed by atoms with Gasteiger partial charge in [-0.25, -0.2) is 0 Å². The molecule has 2 aromatic rings. The smallest absolute Gasteiger partial charge is 0.267 e. The second kappa shape index (κ2) is 2.86. The summed E-state index contributed by atoms with van der Waals surface area (Å²) in [5, 5.41) is 1.99. The Hall–Kier alpha value is -1.90. The molecule has 3 heteroatoms. The van der Waals surface area contributed by atoms with Gasteiger partial charge in [0.25, 0.3) is 5.91 Å². The molecule has 0 saturated heterocycles. The average Bonchev–Trinajstić information content (AvgIpc) is 2.17. The van der Waals surface area contributed by atoms with E-state index >= 15 is 0 Å². The first kappa shape index (κ1) is 7.73. The van der Waals surface area contributed by atoms with Crippen LogP contribution >= 0.6 is 0 Å². The van der Waals surface area contributed by atoms with Crippen molar-refractivity contribution in [3.63, 3.8) is 0 Å². The fourth-order valence-electron chi connectivity index (χ4n) is 1.22. The molecular formula is C10H10N2O. The van der Waals surface area contributed by atoms with E-state index in [2.05, 4.69) is 4.98 Å². The van der Waals surface area contributed by atoms with Crippen LogP contribution < -0.4 is 5.73 Å². The van der Waals surface area contributed by atoms with Gasteiger partial charge in [0, 0.05) is 13.0 Å². The molecule has 2 rings (SSSR count). The van der Waals surface area contributed by atoms with Gasteiger partial charge >= 0.3 is 0 Å². The van der Waals surface area contributed by atoms with Crippen LogP contribution in [0.1, 0.15) is 11.9 Å². The van der Waals surface area contributed by atoms with E-state index in [9.17, 15) is 4.79 Å². The monoisotopic (exact) mass is 174 g/mol. The van der Waals surface area contributed by atoms with Gasteiger partial charge in [-0.15, -0.1) is 0 Å². The Morgan fingerprint density at radius 1 is 1.31 bits per heavy atom. The number of primary amides is 1. The third kappa shape index (κ3) is 1.36. The number of carbonyl (C=O) groups is 1. The normalized spacial score (nSPS) is 10.2. The Morgan fingerprint density at radius 3 is 2.69 bits per heavy atom. The van der Waals surface area contributed by atoms with Crippen LogP contribution in [0.15, 0.2) is 36.5 Å². The number of rotatable bonds is 1. The van der Waals surface area contributed by atoms with Crippen molar-refractivity contribution in [1.82, 2.24) is 4.98 Å². The highest BCUT2D eigenvalue weighted by Gasteiger charge is 2.01. The molecule has 0 aliphatic carbocycles. The number of amides is 1. The van der Waals surface area contributed by atoms with E-state index in [0.717, 1.165) is 10.8 Å². The van der Waals surface area contributed by atoms with Gasteiger partial charge in [0.1, 0.15) is 5.69 Å². The lowest BCUT2D eigenvalue weighted by molar-refractivity contribution is 0.0996. The summed E-state index contributed by atoms with van der Waals surface area (Å²) in [5.74, 6) is -0.495. The first-order valence-corrected chi connectivity index (χ1v) is 3.92. The standard InChI is InChI=1S/C10H8N2O.H2/c11-10(13)9-5-7-3-1-2-4-8(7)6-12-9;/h1-6H,(H2,11,13);1H. The molecule has 1 aromatic heterocycles. The summed E-state index contributed by atoms with van der Waals surface area (Å²) in [5.41, 5.74) is 5.41. The molecule has 66 valence electrons. The molecule has 0 radical (unpaired) electrons. The minimum Gasteiger partial charge on any atom is -0.364 e. The molecule has 0 spiro atoms. The summed E-state index contributed by atoms with van der Waals surface area (Å²) in [6.07, 6.45) is 1.65. The summed E-state index contributed by atoms with van der Waals surface area (Å²) in [7, 11) is 0. The maximum atomic E-state index is 10.8. The number of fused-ring (bicyclic) bond motifs is 1. The number of nitrogens with two attached hydrogens (primary N) is 1. The van der Waals surface area contributed by atoms with Crippen LogP contribution in [0.4, 0.5) is 0 Å². The first-order valence-electron chi connectivity index (χ1n) is 3.92. The molecule has 0 saturated carbocycles. The maximum absolute atomic E-state index is 10.8. The Balaban J connectivity index is 0.000000980. The Kier molecular flexibility index (Phi) is 1.70. The molecule has 3 nitrogen and oxygen atoms in total. The molecule has 1 aromatic carbocycles. The van der Waals surface area contributed by atoms with Crippen molar-refractivity contribution in [1.29, 1.82) is 0 Å². The molecule has 13 heavy (non-hydrogen) atoms. The van der Waals surface area contributed by atoms with E-state index in [-0.39, 0.29) is 1.43 Å². The lowest BCUT2D eigenvalue weighted by atomic mass is 10.1. The van der Waals surface area contributed by atoms with Gasteiger partial charge in [-0.3, -0.25) is 9.78 Å². The molecule has 1 heterocycles. The molecule has 0 aliphatic heterocycles. The van der Waals surface area contributed by atoms with E-state index < -0.39 is 5.91 Å². The fraction of sp³-hybridized carbons (Fsp3) is 0. The predicted molar refractivity (Wildman–Crippen MR) is 52.4 cm³/mol. The molecule has 1 amide bonds. The molecule has 0 bridgehead atoms. The lowest BCUT2D eigenvalue weighted by Gasteiger charge is -1.97. The van der Waals surface area contributed by atoms with Gasteiger partial charge in [0.05, 0.1) is 0 Å². The molecule has 0 fully saturated rings. The average molecular weight is 174 g/mol. The first-order chi connectivity index (χ1) is 6.27. The Morgan fingerprint density at radius 2 is 2.00 bits per heavy atom. The maximum Gasteiger partial charge on any atom is 0.267 e. The summed E-state index contributed by atoms with van der Waals surface area (Å²) >= 11 is 0. The number of nitrogens with zero attached hydrogens (tertiary/aromatic N) is 1. The summed E-state index contributed by atoms with van der Waals surface area (Å²) in [6.45, 7) is 0. The Labute approximate surface area is 76.7 Å².